The number of aliphatic imine (C=N–C) groups is 1. The van der Waals surface area contributed by atoms with Gasteiger partial charge in [0.2, 0.25) is 5.90 Å². The number of hydrogen-bond donors (Lipinski definition) is 0. The van der Waals surface area contributed by atoms with Crippen LogP contribution in [0.5, 0.6) is 0 Å². The highest BCUT2D eigenvalue weighted by Crippen LogP contribution is 2.30. The maximum Gasteiger partial charge on any atom is 0.363 e. The standard InChI is InChI=1S/C15H13Cl2NO2/c16-11-6-5-9(7-12(11)17)8-13-15(19)20-14(18-13)10-3-1-2-4-10/h5-8,10H,1-4H2/b13-8+. The summed E-state index contributed by atoms with van der Waals surface area (Å²) in [6, 6.07) is 5.18. The Morgan fingerprint density at radius 1 is 1.20 bits per heavy atom. The lowest BCUT2D eigenvalue weighted by molar-refractivity contribution is -0.130. The molecule has 0 radical (unpaired) electrons. The largest absolute Gasteiger partial charge is 0.406 e. The zero-order valence-corrected chi connectivity index (χ0v) is 12.2. The summed E-state index contributed by atoms with van der Waals surface area (Å²) in [6.07, 6.45) is 6.12. The SMILES string of the molecule is O=C1OC(C2CCCC2)=N/C1=C/c1ccc(Cl)c(Cl)c1. The number of halogens is 2. The van der Waals surface area contributed by atoms with Crippen molar-refractivity contribution < 1.29 is 9.53 Å². The van der Waals surface area contributed by atoms with Crippen LogP contribution in [0.3, 0.4) is 0 Å². The fourth-order valence-electron chi connectivity index (χ4n) is 2.53. The number of nitrogens with zero attached hydrogens (tertiary/aromatic N) is 1. The quantitative estimate of drug-likeness (QED) is 0.597. The summed E-state index contributed by atoms with van der Waals surface area (Å²) in [5.74, 6) is 0.468. The molecule has 0 bridgehead atoms. The first-order valence-electron chi connectivity index (χ1n) is 6.61. The van der Waals surface area contributed by atoms with Gasteiger partial charge in [0, 0.05) is 5.92 Å². The number of carbonyl (C=O) groups excluding carboxylic acids is 1. The van der Waals surface area contributed by atoms with E-state index in [-0.39, 0.29) is 0 Å². The highest BCUT2D eigenvalue weighted by Gasteiger charge is 2.30. The van der Waals surface area contributed by atoms with Crippen molar-refractivity contribution in [3.63, 3.8) is 0 Å². The molecule has 1 aliphatic carbocycles. The molecule has 1 heterocycles. The molecule has 0 unspecified atom stereocenters. The molecule has 0 N–H and O–H groups in total. The van der Waals surface area contributed by atoms with E-state index in [0.717, 1.165) is 18.4 Å². The lowest BCUT2D eigenvalue weighted by Gasteiger charge is -2.05. The third-order valence-corrected chi connectivity index (χ3v) is 4.33. The van der Waals surface area contributed by atoms with E-state index < -0.39 is 5.97 Å². The van der Waals surface area contributed by atoms with E-state index in [0.29, 0.717) is 27.6 Å². The molecule has 0 spiro atoms. The minimum absolute atomic E-state index is 0.290. The molecular weight excluding hydrogens is 297 g/mol. The van der Waals surface area contributed by atoms with Gasteiger partial charge in [-0.1, -0.05) is 42.1 Å². The fourth-order valence-corrected chi connectivity index (χ4v) is 2.84. The van der Waals surface area contributed by atoms with Gasteiger partial charge in [-0.2, -0.15) is 0 Å². The van der Waals surface area contributed by atoms with Crippen molar-refractivity contribution in [2.75, 3.05) is 0 Å². The second-order valence-corrected chi connectivity index (χ2v) is 5.84. The predicted octanol–water partition coefficient (Wildman–Crippen LogP) is 4.48. The number of hydrogen-bond acceptors (Lipinski definition) is 3. The maximum atomic E-state index is 11.8. The Morgan fingerprint density at radius 2 is 1.95 bits per heavy atom. The van der Waals surface area contributed by atoms with Crippen LogP contribution in [0, 0.1) is 5.92 Å². The Balaban J connectivity index is 1.86. The summed E-state index contributed by atoms with van der Waals surface area (Å²) in [7, 11) is 0. The zero-order valence-electron chi connectivity index (χ0n) is 10.7. The molecule has 104 valence electrons. The highest BCUT2D eigenvalue weighted by molar-refractivity contribution is 6.42. The maximum absolute atomic E-state index is 11.8. The Hall–Kier alpha value is -1.32. The first kappa shape index (κ1) is 13.7. The van der Waals surface area contributed by atoms with Gasteiger partial charge in [0.05, 0.1) is 10.0 Å². The highest BCUT2D eigenvalue weighted by atomic mass is 35.5. The molecule has 1 aliphatic heterocycles. The van der Waals surface area contributed by atoms with Crippen LogP contribution in [0.15, 0.2) is 28.9 Å². The molecule has 5 heteroatoms. The van der Waals surface area contributed by atoms with Gasteiger partial charge in [0.1, 0.15) is 0 Å². The van der Waals surface area contributed by atoms with Gasteiger partial charge in [-0.15, -0.1) is 0 Å². The third-order valence-electron chi connectivity index (χ3n) is 3.59. The molecule has 1 fully saturated rings. The van der Waals surface area contributed by atoms with Crippen molar-refractivity contribution in [1.82, 2.24) is 0 Å². The van der Waals surface area contributed by atoms with Gasteiger partial charge in [-0.3, -0.25) is 0 Å². The van der Waals surface area contributed by atoms with Gasteiger partial charge in [0.15, 0.2) is 5.70 Å². The fraction of sp³-hybridized carbons (Fsp3) is 0.333. The molecule has 1 aromatic rings. The van der Waals surface area contributed by atoms with E-state index in [2.05, 4.69) is 4.99 Å². The molecule has 3 rings (SSSR count). The Morgan fingerprint density at radius 3 is 2.65 bits per heavy atom. The van der Waals surface area contributed by atoms with Gasteiger partial charge >= 0.3 is 5.97 Å². The molecule has 0 saturated heterocycles. The van der Waals surface area contributed by atoms with Gasteiger partial charge in [-0.25, -0.2) is 9.79 Å². The first-order chi connectivity index (χ1) is 9.63. The summed E-state index contributed by atoms with van der Waals surface area (Å²) in [5.41, 5.74) is 1.10. The second kappa shape index (κ2) is 5.58. The van der Waals surface area contributed by atoms with Crippen LogP contribution < -0.4 is 0 Å². The number of cyclic esters (lactones) is 1. The van der Waals surface area contributed by atoms with Gasteiger partial charge in [0.25, 0.3) is 0 Å². The average Bonchev–Trinajstić information content (AvgIpc) is 3.04. The van der Waals surface area contributed by atoms with Crippen LogP contribution >= 0.6 is 23.2 Å². The number of carbonyl (C=O) groups is 1. The molecule has 2 aliphatic rings. The summed E-state index contributed by atoms with van der Waals surface area (Å²) in [5, 5.41) is 0.935. The number of rotatable bonds is 2. The topological polar surface area (TPSA) is 38.7 Å². The van der Waals surface area contributed by atoms with Crippen LogP contribution in [-0.4, -0.2) is 11.9 Å². The monoisotopic (exact) mass is 309 g/mol. The molecule has 20 heavy (non-hydrogen) atoms. The summed E-state index contributed by atoms with van der Waals surface area (Å²) in [6.45, 7) is 0. The molecule has 0 amide bonds. The van der Waals surface area contributed by atoms with E-state index in [1.54, 1.807) is 24.3 Å². The van der Waals surface area contributed by atoms with Crippen molar-refractivity contribution in [3.05, 3.63) is 39.5 Å². The van der Waals surface area contributed by atoms with Crippen molar-refractivity contribution in [1.29, 1.82) is 0 Å². The summed E-state index contributed by atoms with van der Waals surface area (Å²) in [4.78, 5) is 16.2. The van der Waals surface area contributed by atoms with Gasteiger partial charge < -0.3 is 4.74 Å². The van der Waals surface area contributed by atoms with Crippen molar-refractivity contribution >= 4 is 41.1 Å². The van der Waals surface area contributed by atoms with E-state index >= 15 is 0 Å². The van der Waals surface area contributed by atoms with E-state index in [4.69, 9.17) is 27.9 Å². The first-order valence-corrected chi connectivity index (χ1v) is 7.36. The molecular formula is C15H13Cl2NO2. The van der Waals surface area contributed by atoms with E-state index in [9.17, 15) is 4.79 Å². The zero-order chi connectivity index (χ0) is 14.1. The molecule has 1 saturated carbocycles. The molecule has 0 aromatic heterocycles. The van der Waals surface area contributed by atoms with Crippen LogP contribution in [0.25, 0.3) is 6.08 Å². The van der Waals surface area contributed by atoms with Crippen LogP contribution in [0.4, 0.5) is 0 Å². The van der Waals surface area contributed by atoms with Crippen molar-refractivity contribution in [3.8, 4) is 0 Å². The minimum atomic E-state index is -0.391. The number of esters is 1. The third kappa shape index (κ3) is 2.74. The minimum Gasteiger partial charge on any atom is -0.406 e. The van der Waals surface area contributed by atoms with Crippen molar-refractivity contribution in [2.45, 2.75) is 25.7 Å². The van der Waals surface area contributed by atoms with E-state index in [1.165, 1.54) is 12.8 Å². The lowest BCUT2D eigenvalue weighted by Crippen LogP contribution is -2.12. The summed E-state index contributed by atoms with van der Waals surface area (Å²) >= 11 is 11.8. The molecule has 3 nitrogen and oxygen atoms in total. The number of benzene rings is 1. The Labute approximate surface area is 127 Å². The normalized spacial score (nSPS) is 21.4. The average molecular weight is 310 g/mol. The Bertz CT molecular complexity index is 616. The molecule has 0 atom stereocenters. The van der Waals surface area contributed by atoms with Crippen LogP contribution in [-0.2, 0) is 9.53 Å². The van der Waals surface area contributed by atoms with Crippen LogP contribution in [0.2, 0.25) is 10.0 Å². The summed E-state index contributed by atoms with van der Waals surface area (Å²) < 4.78 is 5.27. The predicted molar refractivity (Wildman–Crippen MR) is 79.9 cm³/mol. The van der Waals surface area contributed by atoms with E-state index in [1.807, 2.05) is 0 Å². The van der Waals surface area contributed by atoms with Crippen molar-refractivity contribution in [2.24, 2.45) is 10.9 Å². The number of ether oxygens (including phenoxy) is 1. The smallest absolute Gasteiger partial charge is 0.363 e. The lowest BCUT2D eigenvalue weighted by atomic mass is 10.1. The molecule has 1 aromatic carbocycles. The van der Waals surface area contributed by atoms with Crippen LogP contribution in [0.1, 0.15) is 31.2 Å². The van der Waals surface area contributed by atoms with Gasteiger partial charge in [-0.05, 0) is 36.6 Å². The Kier molecular flexibility index (Phi) is 3.81. The second-order valence-electron chi connectivity index (χ2n) is 5.02.